The Balaban J connectivity index is 2.32. The number of aromatic nitrogens is 2. The van der Waals surface area contributed by atoms with Crippen LogP contribution in [0.15, 0.2) is 29.4 Å². The molecule has 2 rings (SSSR count). The normalized spacial score (nSPS) is 11.6. The SMILES string of the molecule is CCn1cc(S(=O)(=O)Nc2ccc(C)c(O)c2)nc1C. The number of aryl methyl sites for hydroxylation is 3. The molecule has 0 radical (unpaired) electrons. The van der Waals surface area contributed by atoms with Crippen molar-refractivity contribution in [1.82, 2.24) is 9.55 Å². The number of hydrogen-bond donors (Lipinski definition) is 2. The molecule has 0 bridgehead atoms. The third-order valence-corrected chi connectivity index (χ3v) is 4.28. The van der Waals surface area contributed by atoms with E-state index in [0.717, 1.165) is 0 Å². The third kappa shape index (κ3) is 2.77. The summed E-state index contributed by atoms with van der Waals surface area (Å²) in [4.78, 5) is 4.04. The minimum Gasteiger partial charge on any atom is -0.508 e. The smallest absolute Gasteiger partial charge is 0.280 e. The largest absolute Gasteiger partial charge is 0.508 e. The summed E-state index contributed by atoms with van der Waals surface area (Å²) in [6.07, 6.45) is 1.49. The lowest BCUT2D eigenvalue weighted by molar-refractivity contribution is 0.471. The minimum atomic E-state index is -3.75. The van der Waals surface area contributed by atoms with Crippen LogP contribution in [0.4, 0.5) is 5.69 Å². The number of nitrogens with zero attached hydrogens (tertiary/aromatic N) is 2. The van der Waals surface area contributed by atoms with Gasteiger partial charge in [0.05, 0.1) is 5.69 Å². The van der Waals surface area contributed by atoms with Crippen molar-refractivity contribution in [3.8, 4) is 5.75 Å². The lowest BCUT2D eigenvalue weighted by Gasteiger charge is -2.07. The Labute approximate surface area is 118 Å². The van der Waals surface area contributed by atoms with Gasteiger partial charge < -0.3 is 9.67 Å². The Morgan fingerprint density at radius 3 is 2.60 bits per heavy atom. The van der Waals surface area contributed by atoms with Crippen LogP contribution < -0.4 is 4.72 Å². The quantitative estimate of drug-likeness (QED) is 0.904. The third-order valence-electron chi connectivity index (χ3n) is 3.03. The van der Waals surface area contributed by atoms with Crippen molar-refractivity contribution >= 4 is 15.7 Å². The number of anilines is 1. The van der Waals surface area contributed by atoms with Gasteiger partial charge in [0.2, 0.25) is 0 Å². The molecule has 108 valence electrons. The van der Waals surface area contributed by atoms with E-state index in [-0.39, 0.29) is 10.8 Å². The molecule has 0 aliphatic carbocycles. The van der Waals surface area contributed by atoms with Gasteiger partial charge in [-0.1, -0.05) is 6.07 Å². The number of phenols is 1. The van der Waals surface area contributed by atoms with Crippen molar-refractivity contribution in [1.29, 1.82) is 0 Å². The highest BCUT2D eigenvalue weighted by Gasteiger charge is 2.19. The van der Waals surface area contributed by atoms with Crippen molar-refractivity contribution < 1.29 is 13.5 Å². The molecule has 1 heterocycles. The summed E-state index contributed by atoms with van der Waals surface area (Å²) < 4.78 is 28.6. The van der Waals surface area contributed by atoms with Crippen molar-refractivity contribution in [3.05, 3.63) is 35.8 Å². The number of nitrogens with one attached hydrogen (secondary N) is 1. The first-order valence-corrected chi connectivity index (χ1v) is 7.68. The molecule has 0 fully saturated rings. The molecule has 0 atom stereocenters. The van der Waals surface area contributed by atoms with Crippen LogP contribution in [-0.2, 0) is 16.6 Å². The number of phenolic OH excluding ortho intramolecular Hbond substituents is 1. The zero-order chi connectivity index (χ0) is 14.9. The van der Waals surface area contributed by atoms with Gasteiger partial charge in [0, 0.05) is 18.8 Å². The van der Waals surface area contributed by atoms with E-state index in [4.69, 9.17) is 0 Å². The maximum atomic E-state index is 12.2. The highest BCUT2D eigenvalue weighted by Crippen LogP contribution is 2.23. The molecule has 0 amide bonds. The monoisotopic (exact) mass is 295 g/mol. The second-order valence-electron chi connectivity index (χ2n) is 4.52. The van der Waals surface area contributed by atoms with Crippen LogP contribution in [0.2, 0.25) is 0 Å². The Hall–Kier alpha value is -2.02. The molecule has 2 aromatic rings. The minimum absolute atomic E-state index is 0.0306. The van der Waals surface area contributed by atoms with Crippen LogP contribution in [0.3, 0.4) is 0 Å². The number of sulfonamides is 1. The molecule has 1 aromatic heterocycles. The van der Waals surface area contributed by atoms with Crippen LogP contribution in [0, 0.1) is 13.8 Å². The fourth-order valence-corrected chi connectivity index (χ4v) is 2.87. The highest BCUT2D eigenvalue weighted by atomic mass is 32.2. The highest BCUT2D eigenvalue weighted by molar-refractivity contribution is 7.92. The molecule has 0 saturated heterocycles. The van der Waals surface area contributed by atoms with E-state index in [1.165, 1.54) is 12.3 Å². The first-order valence-electron chi connectivity index (χ1n) is 6.19. The summed E-state index contributed by atoms with van der Waals surface area (Å²) in [5, 5.41) is 9.57. The van der Waals surface area contributed by atoms with E-state index in [1.807, 2.05) is 6.92 Å². The Kier molecular flexibility index (Phi) is 3.71. The van der Waals surface area contributed by atoms with Crippen LogP contribution in [0.25, 0.3) is 0 Å². The van der Waals surface area contributed by atoms with Crippen molar-refractivity contribution in [2.45, 2.75) is 32.3 Å². The second kappa shape index (κ2) is 5.16. The topological polar surface area (TPSA) is 84.2 Å². The molecule has 0 aliphatic heterocycles. The molecular formula is C13H17N3O3S. The predicted octanol–water partition coefficient (Wildman–Crippen LogP) is 2.03. The summed E-state index contributed by atoms with van der Waals surface area (Å²) in [5.41, 5.74) is 0.982. The Morgan fingerprint density at radius 2 is 2.05 bits per heavy atom. The molecule has 2 N–H and O–H groups in total. The summed E-state index contributed by atoms with van der Waals surface area (Å²) in [6, 6.07) is 4.61. The molecule has 20 heavy (non-hydrogen) atoms. The molecule has 0 saturated carbocycles. The van der Waals surface area contributed by atoms with Gasteiger partial charge in [-0.05, 0) is 32.4 Å². The zero-order valence-electron chi connectivity index (χ0n) is 11.6. The van der Waals surface area contributed by atoms with Gasteiger partial charge in [-0.25, -0.2) is 4.98 Å². The van der Waals surface area contributed by atoms with Crippen molar-refractivity contribution in [2.24, 2.45) is 0 Å². The maximum Gasteiger partial charge on any atom is 0.280 e. The van der Waals surface area contributed by atoms with Gasteiger partial charge in [0.1, 0.15) is 11.6 Å². The number of aromatic hydroxyl groups is 1. The number of benzene rings is 1. The first-order chi connectivity index (χ1) is 9.33. The van der Waals surface area contributed by atoms with E-state index in [2.05, 4.69) is 9.71 Å². The van der Waals surface area contributed by atoms with Crippen LogP contribution in [0.5, 0.6) is 5.75 Å². The van der Waals surface area contributed by atoms with Crippen molar-refractivity contribution in [3.63, 3.8) is 0 Å². The maximum absolute atomic E-state index is 12.2. The molecule has 6 nitrogen and oxygen atoms in total. The summed E-state index contributed by atoms with van der Waals surface area (Å²) >= 11 is 0. The first kappa shape index (κ1) is 14.4. The number of rotatable bonds is 4. The molecule has 1 aromatic carbocycles. The fraction of sp³-hybridized carbons (Fsp3) is 0.308. The summed E-state index contributed by atoms with van der Waals surface area (Å²) in [5.74, 6) is 0.681. The van der Waals surface area contributed by atoms with Gasteiger partial charge in [-0.2, -0.15) is 8.42 Å². The van der Waals surface area contributed by atoms with Crippen molar-refractivity contribution in [2.75, 3.05) is 4.72 Å². The number of hydrogen-bond acceptors (Lipinski definition) is 4. The van der Waals surface area contributed by atoms with Crippen LogP contribution in [-0.4, -0.2) is 23.1 Å². The van der Waals surface area contributed by atoms with Gasteiger partial charge in [0.25, 0.3) is 10.0 Å². The van der Waals surface area contributed by atoms with Crippen LogP contribution in [0.1, 0.15) is 18.3 Å². The molecule has 0 aliphatic rings. The average Bonchev–Trinajstić information content (AvgIpc) is 2.76. The van der Waals surface area contributed by atoms with E-state index >= 15 is 0 Å². The Morgan fingerprint density at radius 1 is 1.35 bits per heavy atom. The fourth-order valence-electron chi connectivity index (χ4n) is 1.81. The molecule has 0 spiro atoms. The van der Waals surface area contributed by atoms with Gasteiger partial charge in [0.15, 0.2) is 5.03 Å². The standard InChI is InChI=1S/C13H17N3O3S/c1-4-16-8-13(14-10(16)3)20(18,19)15-11-6-5-9(2)12(17)7-11/h5-8,15,17H,4H2,1-3H3. The summed E-state index contributed by atoms with van der Waals surface area (Å²) in [7, 11) is -3.75. The second-order valence-corrected chi connectivity index (χ2v) is 6.15. The average molecular weight is 295 g/mol. The molecular weight excluding hydrogens is 278 g/mol. The lowest BCUT2D eigenvalue weighted by atomic mass is 10.2. The van der Waals surface area contributed by atoms with E-state index in [9.17, 15) is 13.5 Å². The predicted molar refractivity (Wildman–Crippen MR) is 76.3 cm³/mol. The summed E-state index contributed by atoms with van der Waals surface area (Å²) in [6.45, 7) is 6.05. The van der Waals surface area contributed by atoms with Crippen LogP contribution >= 0.6 is 0 Å². The van der Waals surface area contributed by atoms with E-state index in [0.29, 0.717) is 23.6 Å². The molecule has 0 unspecified atom stereocenters. The van der Waals surface area contributed by atoms with E-state index in [1.54, 1.807) is 30.5 Å². The van der Waals surface area contributed by atoms with Gasteiger partial charge >= 0.3 is 0 Å². The van der Waals surface area contributed by atoms with Gasteiger partial charge in [-0.3, -0.25) is 4.72 Å². The molecule has 7 heteroatoms. The zero-order valence-corrected chi connectivity index (χ0v) is 12.4. The van der Waals surface area contributed by atoms with E-state index < -0.39 is 10.0 Å². The van der Waals surface area contributed by atoms with Gasteiger partial charge in [-0.15, -0.1) is 0 Å². The number of imidazole rings is 1. The Bertz CT molecular complexity index is 735. The lowest BCUT2D eigenvalue weighted by Crippen LogP contribution is -2.13.